The number of hydrogen-bond donors (Lipinski definition) is 2. The van der Waals surface area contributed by atoms with Crippen molar-refractivity contribution in [2.75, 3.05) is 12.0 Å². The number of aryl methyl sites for hydroxylation is 1. The molecule has 2 aromatic rings. The third kappa shape index (κ3) is 2.92. The Labute approximate surface area is 117 Å². The Hall–Kier alpha value is -2.05. The second kappa shape index (κ2) is 6.40. The summed E-state index contributed by atoms with van der Waals surface area (Å²) in [5, 5.41) is 0. The van der Waals surface area contributed by atoms with Gasteiger partial charge in [-0.15, -0.1) is 0 Å². The number of ether oxygens (including phenoxy) is 1. The molecule has 20 heavy (non-hydrogen) atoms. The number of halogens is 1. The lowest BCUT2D eigenvalue weighted by atomic mass is 10.1. The van der Waals surface area contributed by atoms with E-state index in [1.54, 1.807) is 6.92 Å². The summed E-state index contributed by atoms with van der Waals surface area (Å²) in [7, 11) is 0. The maximum absolute atomic E-state index is 13.7. The van der Waals surface area contributed by atoms with Gasteiger partial charge in [0.15, 0.2) is 17.5 Å². The molecule has 1 aromatic carbocycles. The summed E-state index contributed by atoms with van der Waals surface area (Å²) in [6.45, 7) is 3.94. The largest absolute Gasteiger partial charge is 0.366 e. The molecule has 5 nitrogen and oxygen atoms in total. The molecule has 3 N–H and O–H groups in total. The van der Waals surface area contributed by atoms with E-state index in [0.717, 1.165) is 5.56 Å². The highest BCUT2D eigenvalue weighted by Crippen LogP contribution is 2.25. The van der Waals surface area contributed by atoms with Crippen molar-refractivity contribution >= 4 is 5.82 Å². The molecule has 6 heteroatoms. The van der Waals surface area contributed by atoms with Gasteiger partial charge in [0.05, 0.1) is 5.69 Å². The number of nitrogens with one attached hydrogen (secondary N) is 1. The van der Waals surface area contributed by atoms with Crippen molar-refractivity contribution in [3.63, 3.8) is 0 Å². The van der Waals surface area contributed by atoms with Gasteiger partial charge in [0.2, 0.25) is 0 Å². The molecule has 1 heterocycles. The van der Waals surface area contributed by atoms with Gasteiger partial charge in [-0.25, -0.2) is 20.2 Å². The van der Waals surface area contributed by atoms with Crippen molar-refractivity contribution in [1.82, 2.24) is 9.97 Å². The Bertz CT molecular complexity index is 577. The van der Waals surface area contributed by atoms with Crippen LogP contribution in [0.5, 0.6) is 0 Å². The van der Waals surface area contributed by atoms with Crippen molar-refractivity contribution < 1.29 is 9.13 Å². The fraction of sp³-hybridized carbons (Fsp3) is 0.286. The highest BCUT2D eigenvalue weighted by molar-refractivity contribution is 5.38. The third-order valence-electron chi connectivity index (χ3n) is 2.84. The summed E-state index contributed by atoms with van der Waals surface area (Å²) < 4.78 is 19.4. The molecule has 0 radical (unpaired) electrons. The summed E-state index contributed by atoms with van der Waals surface area (Å²) in [6, 6.07) is 9.55. The van der Waals surface area contributed by atoms with E-state index in [9.17, 15) is 4.39 Å². The third-order valence-corrected chi connectivity index (χ3v) is 2.84. The molecule has 0 amide bonds. The van der Waals surface area contributed by atoms with Crippen LogP contribution in [0.1, 0.15) is 30.1 Å². The lowest BCUT2D eigenvalue weighted by molar-refractivity contribution is 0.0849. The molecule has 0 spiro atoms. The lowest BCUT2D eigenvalue weighted by Crippen LogP contribution is -2.17. The molecule has 2 rings (SSSR count). The topological polar surface area (TPSA) is 73.1 Å². The predicted octanol–water partition coefficient (Wildman–Crippen LogP) is 2.34. The van der Waals surface area contributed by atoms with E-state index in [1.165, 1.54) is 0 Å². The smallest absolute Gasteiger partial charge is 0.187 e. The molecule has 0 aliphatic heterocycles. The van der Waals surface area contributed by atoms with Gasteiger partial charge in [-0.3, -0.25) is 0 Å². The highest BCUT2D eigenvalue weighted by atomic mass is 19.1. The molecule has 0 bridgehead atoms. The van der Waals surface area contributed by atoms with Crippen LogP contribution in [0.25, 0.3) is 0 Å². The minimum Gasteiger partial charge on any atom is -0.366 e. The minimum atomic E-state index is -0.556. The molecule has 1 atom stereocenters. The molecule has 106 valence electrons. The van der Waals surface area contributed by atoms with Crippen molar-refractivity contribution in [1.29, 1.82) is 0 Å². The maximum Gasteiger partial charge on any atom is 0.187 e. The van der Waals surface area contributed by atoms with Crippen molar-refractivity contribution in [2.45, 2.75) is 20.0 Å². The summed E-state index contributed by atoms with van der Waals surface area (Å²) in [4.78, 5) is 8.27. The van der Waals surface area contributed by atoms with Gasteiger partial charge < -0.3 is 10.2 Å². The quantitative estimate of drug-likeness (QED) is 0.647. The van der Waals surface area contributed by atoms with Crippen LogP contribution >= 0.6 is 0 Å². The first-order valence-electron chi connectivity index (χ1n) is 6.34. The lowest BCUT2D eigenvalue weighted by Gasteiger charge is -2.17. The van der Waals surface area contributed by atoms with E-state index in [0.29, 0.717) is 12.4 Å². The predicted molar refractivity (Wildman–Crippen MR) is 74.4 cm³/mol. The average molecular weight is 276 g/mol. The van der Waals surface area contributed by atoms with Crippen LogP contribution in [0, 0.1) is 12.7 Å². The van der Waals surface area contributed by atoms with Crippen molar-refractivity contribution in [3.8, 4) is 0 Å². The molecule has 0 fully saturated rings. The van der Waals surface area contributed by atoms with Crippen molar-refractivity contribution in [2.24, 2.45) is 5.84 Å². The monoisotopic (exact) mass is 276 g/mol. The number of nitrogens with two attached hydrogens (primary N) is 1. The Kier molecular flexibility index (Phi) is 4.60. The molecule has 0 saturated carbocycles. The summed E-state index contributed by atoms with van der Waals surface area (Å²) >= 11 is 0. The van der Waals surface area contributed by atoms with E-state index < -0.39 is 11.9 Å². The molecule has 0 aliphatic rings. The Morgan fingerprint density at radius 1 is 1.30 bits per heavy atom. The van der Waals surface area contributed by atoms with Crippen LogP contribution in [0.4, 0.5) is 10.2 Å². The Morgan fingerprint density at radius 2 is 2.00 bits per heavy atom. The molecule has 0 aliphatic carbocycles. The molecule has 1 unspecified atom stereocenters. The second-order valence-electron chi connectivity index (χ2n) is 4.22. The van der Waals surface area contributed by atoms with E-state index in [-0.39, 0.29) is 11.5 Å². The van der Waals surface area contributed by atoms with Crippen LogP contribution in [0.2, 0.25) is 0 Å². The molecule has 0 saturated heterocycles. The van der Waals surface area contributed by atoms with Gasteiger partial charge >= 0.3 is 0 Å². The number of nitrogen functional groups attached to an aromatic ring is 1. The second-order valence-corrected chi connectivity index (χ2v) is 4.22. The summed E-state index contributed by atoms with van der Waals surface area (Å²) in [5.41, 5.74) is 3.37. The number of benzene rings is 1. The number of nitrogens with zero attached hydrogens (tertiary/aromatic N) is 2. The number of aromatic nitrogens is 2. The number of hydrogen-bond acceptors (Lipinski definition) is 5. The van der Waals surface area contributed by atoms with Crippen LogP contribution in [0.3, 0.4) is 0 Å². The standard InChI is InChI=1S/C14H17FN4O/c1-3-20-12(10-7-5-4-6-8-10)14-17-9(2)11(15)13(18-14)19-16/h4-8,12H,3,16H2,1-2H3,(H,17,18,19). The average Bonchev–Trinajstić information content (AvgIpc) is 2.48. The summed E-state index contributed by atoms with van der Waals surface area (Å²) in [6.07, 6.45) is -0.451. The SMILES string of the molecule is CCOC(c1ccccc1)c1nc(C)c(F)c(NN)n1. The van der Waals surface area contributed by atoms with E-state index in [1.807, 2.05) is 37.3 Å². The Balaban J connectivity index is 2.47. The first-order valence-corrected chi connectivity index (χ1v) is 6.34. The first kappa shape index (κ1) is 14.4. The van der Waals surface area contributed by atoms with Crippen molar-refractivity contribution in [3.05, 3.63) is 53.2 Å². The van der Waals surface area contributed by atoms with E-state index in [2.05, 4.69) is 15.4 Å². The molecular formula is C14H17FN4O. The summed E-state index contributed by atoms with van der Waals surface area (Å²) in [5.74, 6) is 5.07. The number of hydrazine groups is 1. The first-order chi connectivity index (χ1) is 9.67. The normalized spacial score (nSPS) is 12.2. The zero-order valence-electron chi connectivity index (χ0n) is 11.4. The highest BCUT2D eigenvalue weighted by Gasteiger charge is 2.20. The van der Waals surface area contributed by atoms with Gasteiger partial charge in [0.1, 0.15) is 6.10 Å². The maximum atomic E-state index is 13.7. The molecular weight excluding hydrogens is 259 g/mol. The van der Waals surface area contributed by atoms with E-state index in [4.69, 9.17) is 10.6 Å². The fourth-order valence-corrected chi connectivity index (χ4v) is 1.91. The van der Waals surface area contributed by atoms with Gasteiger partial charge in [-0.05, 0) is 19.4 Å². The van der Waals surface area contributed by atoms with Crippen LogP contribution in [0.15, 0.2) is 30.3 Å². The van der Waals surface area contributed by atoms with E-state index >= 15 is 0 Å². The van der Waals surface area contributed by atoms with Gasteiger partial charge in [0, 0.05) is 6.61 Å². The molecule has 1 aromatic heterocycles. The van der Waals surface area contributed by atoms with Crippen LogP contribution < -0.4 is 11.3 Å². The van der Waals surface area contributed by atoms with Crippen LogP contribution in [-0.2, 0) is 4.74 Å². The van der Waals surface area contributed by atoms with Crippen LogP contribution in [-0.4, -0.2) is 16.6 Å². The Morgan fingerprint density at radius 3 is 2.60 bits per heavy atom. The number of anilines is 1. The van der Waals surface area contributed by atoms with Gasteiger partial charge in [-0.2, -0.15) is 0 Å². The zero-order chi connectivity index (χ0) is 14.5. The fourth-order valence-electron chi connectivity index (χ4n) is 1.91. The van der Waals surface area contributed by atoms with Gasteiger partial charge in [0.25, 0.3) is 0 Å². The number of rotatable bonds is 5. The zero-order valence-corrected chi connectivity index (χ0v) is 11.4. The van der Waals surface area contributed by atoms with Gasteiger partial charge in [-0.1, -0.05) is 30.3 Å². The minimum absolute atomic E-state index is 0.0341.